The average molecular weight is 632 g/mol. The molecule has 1 aliphatic rings. The second-order valence-electron chi connectivity index (χ2n) is 9.86. The Kier molecular flexibility index (Phi) is 10.5. The summed E-state index contributed by atoms with van der Waals surface area (Å²) in [5.41, 5.74) is 0.132. The quantitative estimate of drug-likeness (QED) is 0.141. The van der Waals surface area contributed by atoms with E-state index >= 15 is 0 Å². The number of hydrogen-bond donors (Lipinski definition) is 1. The summed E-state index contributed by atoms with van der Waals surface area (Å²) in [6.07, 6.45) is 0.0387. The van der Waals surface area contributed by atoms with E-state index in [9.17, 15) is 24.0 Å². The monoisotopic (exact) mass is 630 g/mol. The number of ether oxygens (including phenoxy) is 2. The van der Waals surface area contributed by atoms with E-state index in [2.05, 4.69) is 5.32 Å². The largest absolute Gasteiger partial charge is 0.462 e. The highest BCUT2D eigenvalue weighted by Gasteiger charge is 2.47. The van der Waals surface area contributed by atoms with Crippen molar-refractivity contribution < 1.29 is 33.4 Å². The normalized spacial score (nSPS) is 13.5. The summed E-state index contributed by atoms with van der Waals surface area (Å²) in [5.74, 6) is -3.88. The maximum atomic E-state index is 13.2. The number of hydrogen-bond acceptors (Lipinski definition) is 7. The minimum atomic E-state index is -1.37. The molecular weight excluding hydrogens is 606 g/mol. The van der Waals surface area contributed by atoms with E-state index in [0.717, 1.165) is 0 Å². The fourth-order valence-corrected chi connectivity index (χ4v) is 4.86. The first-order chi connectivity index (χ1) is 18.7. The summed E-state index contributed by atoms with van der Waals surface area (Å²) in [5, 5.41) is 1.62. The van der Waals surface area contributed by atoms with Crippen LogP contribution in [0.5, 0.6) is 0 Å². The van der Waals surface area contributed by atoms with Crippen molar-refractivity contribution in [2.75, 3.05) is 18.5 Å². The molecule has 1 aliphatic heterocycles. The van der Waals surface area contributed by atoms with Crippen molar-refractivity contribution in [2.45, 2.75) is 40.2 Å². The lowest BCUT2D eigenvalue weighted by atomic mass is 10.0. The van der Waals surface area contributed by atoms with E-state index in [1.165, 1.54) is 24.3 Å². The number of carbonyl (C=O) groups is 5. The summed E-state index contributed by atoms with van der Waals surface area (Å²) >= 11 is 24.5. The molecule has 1 N–H and O–H groups in total. The highest BCUT2D eigenvalue weighted by atomic mass is 35.5. The first kappa shape index (κ1) is 31.7. The number of rotatable bonds is 10. The smallest absolute Gasteiger partial charge is 0.338 e. The molecule has 0 saturated heterocycles. The van der Waals surface area contributed by atoms with Crippen LogP contribution in [0.3, 0.4) is 0 Å². The SMILES string of the molecule is CC(C)COC(=O)c1ccc(NC(=O)COC(=O)[C@H](CC(C)C)N2C(=O)c3c(Cl)c(Cl)c(Cl)c(Cl)c3C2=O)cc1. The topological polar surface area (TPSA) is 119 Å². The molecule has 2 aromatic carbocycles. The number of imide groups is 1. The van der Waals surface area contributed by atoms with Gasteiger partial charge in [-0.25, -0.2) is 9.59 Å². The minimum Gasteiger partial charge on any atom is -0.462 e. The molecule has 0 unspecified atom stereocenters. The van der Waals surface area contributed by atoms with E-state index < -0.39 is 42.3 Å². The maximum Gasteiger partial charge on any atom is 0.338 e. The third-order valence-electron chi connectivity index (χ3n) is 5.71. The molecule has 3 amide bonds. The van der Waals surface area contributed by atoms with Crippen LogP contribution in [0.4, 0.5) is 5.69 Å². The summed E-state index contributed by atoms with van der Waals surface area (Å²) in [6.45, 7) is 6.97. The lowest BCUT2D eigenvalue weighted by Gasteiger charge is -2.26. The zero-order chi connectivity index (χ0) is 29.9. The first-order valence-corrected chi connectivity index (χ1v) is 13.7. The Hall–Kier alpha value is -2.85. The van der Waals surface area contributed by atoms with Gasteiger partial charge < -0.3 is 14.8 Å². The Morgan fingerprint density at radius 1 is 0.800 bits per heavy atom. The standard InChI is InChI=1S/C27H26Cl4N2O7/c1-12(2)9-16(33-24(35)18-19(25(33)36)21(29)23(31)22(30)20(18)28)27(38)40-11-17(34)32-15-7-5-14(6-8-15)26(37)39-10-13(3)4/h5-8,12-13,16H,9-11H2,1-4H3,(H,32,34)/t16-/m0/s1. The van der Waals surface area contributed by atoms with Gasteiger partial charge in [0, 0.05) is 5.69 Å². The van der Waals surface area contributed by atoms with Crippen molar-refractivity contribution in [3.63, 3.8) is 0 Å². The molecular formula is C27H26Cl4N2O7. The molecule has 0 aromatic heterocycles. The Balaban J connectivity index is 1.70. The van der Waals surface area contributed by atoms with E-state index in [1.807, 2.05) is 13.8 Å². The third-order valence-corrected chi connectivity index (χ3v) is 7.51. The van der Waals surface area contributed by atoms with Crippen LogP contribution in [0.2, 0.25) is 20.1 Å². The molecule has 1 atom stereocenters. The number of nitrogens with one attached hydrogen (secondary N) is 1. The summed E-state index contributed by atoms with van der Waals surface area (Å²) in [4.78, 5) is 64.8. The lowest BCUT2D eigenvalue weighted by molar-refractivity contribution is -0.151. The summed E-state index contributed by atoms with van der Waals surface area (Å²) in [6, 6.07) is 4.59. The first-order valence-electron chi connectivity index (χ1n) is 12.2. The van der Waals surface area contributed by atoms with Crippen molar-refractivity contribution in [3.8, 4) is 0 Å². The van der Waals surface area contributed by atoms with Crippen LogP contribution in [0.15, 0.2) is 24.3 Å². The van der Waals surface area contributed by atoms with Gasteiger partial charge in [0.05, 0.1) is 43.4 Å². The lowest BCUT2D eigenvalue weighted by Crippen LogP contribution is -2.47. The number of fused-ring (bicyclic) bond motifs is 1. The highest BCUT2D eigenvalue weighted by Crippen LogP contribution is 2.45. The Morgan fingerprint density at radius 3 is 1.80 bits per heavy atom. The fourth-order valence-electron chi connectivity index (χ4n) is 3.85. The third kappa shape index (κ3) is 6.89. The second kappa shape index (κ2) is 13.2. The molecule has 0 saturated carbocycles. The van der Waals surface area contributed by atoms with Crippen molar-refractivity contribution in [1.29, 1.82) is 0 Å². The zero-order valence-electron chi connectivity index (χ0n) is 22.0. The number of carbonyl (C=O) groups excluding carboxylic acids is 5. The number of benzene rings is 2. The predicted octanol–water partition coefficient (Wildman–Crippen LogP) is 6.31. The molecule has 0 aliphatic carbocycles. The summed E-state index contributed by atoms with van der Waals surface area (Å²) in [7, 11) is 0. The molecule has 214 valence electrons. The number of halogens is 4. The molecule has 3 rings (SSSR count). The average Bonchev–Trinajstić information content (AvgIpc) is 3.16. The van der Waals surface area contributed by atoms with Crippen molar-refractivity contribution >= 4 is 81.8 Å². The molecule has 0 spiro atoms. The van der Waals surface area contributed by atoms with Gasteiger partial charge in [0.15, 0.2) is 6.61 Å². The van der Waals surface area contributed by atoms with E-state index in [-0.39, 0.29) is 56.1 Å². The molecule has 0 bridgehead atoms. The van der Waals surface area contributed by atoms with Gasteiger partial charge in [-0.3, -0.25) is 19.3 Å². The van der Waals surface area contributed by atoms with Gasteiger partial charge in [-0.1, -0.05) is 74.1 Å². The van der Waals surface area contributed by atoms with Crippen molar-refractivity contribution in [2.24, 2.45) is 11.8 Å². The molecule has 13 heteroatoms. The van der Waals surface area contributed by atoms with Crippen LogP contribution < -0.4 is 5.32 Å². The summed E-state index contributed by atoms with van der Waals surface area (Å²) < 4.78 is 10.3. The van der Waals surface area contributed by atoms with Crippen LogP contribution >= 0.6 is 46.4 Å². The molecule has 1 heterocycles. The Bertz CT molecular complexity index is 1310. The molecule has 0 fully saturated rings. The van der Waals surface area contributed by atoms with Gasteiger partial charge in [-0.15, -0.1) is 0 Å². The van der Waals surface area contributed by atoms with Crippen molar-refractivity contribution in [3.05, 3.63) is 61.0 Å². The van der Waals surface area contributed by atoms with E-state index in [0.29, 0.717) is 16.2 Å². The van der Waals surface area contributed by atoms with Gasteiger partial charge in [-0.05, 0) is 42.5 Å². The number of amides is 3. The highest BCUT2D eigenvalue weighted by molar-refractivity contribution is 6.55. The molecule has 9 nitrogen and oxygen atoms in total. The maximum absolute atomic E-state index is 13.2. The Morgan fingerprint density at radius 2 is 1.32 bits per heavy atom. The van der Waals surface area contributed by atoms with Crippen LogP contribution in [-0.2, 0) is 19.1 Å². The van der Waals surface area contributed by atoms with Gasteiger partial charge in [-0.2, -0.15) is 0 Å². The molecule has 0 radical (unpaired) electrons. The Labute approximate surface area is 251 Å². The zero-order valence-corrected chi connectivity index (χ0v) is 25.0. The van der Waals surface area contributed by atoms with Gasteiger partial charge >= 0.3 is 11.9 Å². The van der Waals surface area contributed by atoms with E-state index in [1.54, 1.807) is 13.8 Å². The van der Waals surface area contributed by atoms with Crippen molar-refractivity contribution in [1.82, 2.24) is 4.90 Å². The number of esters is 2. The predicted molar refractivity (Wildman–Crippen MR) is 151 cm³/mol. The van der Waals surface area contributed by atoms with Gasteiger partial charge in [0.25, 0.3) is 17.7 Å². The van der Waals surface area contributed by atoms with Crippen LogP contribution in [-0.4, -0.2) is 53.8 Å². The van der Waals surface area contributed by atoms with Gasteiger partial charge in [0.2, 0.25) is 0 Å². The molecule has 40 heavy (non-hydrogen) atoms. The second-order valence-corrected chi connectivity index (χ2v) is 11.4. The van der Waals surface area contributed by atoms with E-state index in [4.69, 9.17) is 55.9 Å². The molecule has 2 aromatic rings. The van der Waals surface area contributed by atoms with Crippen LogP contribution in [0.25, 0.3) is 0 Å². The fraction of sp³-hybridized carbons (Fsp3) is 0.370. The number of anilines is 1. The van der Waals surface area contributed by atoms with Gasteiger partial charge in [0.1, 0.15) is 6.04 Å². The number of nitrogens with zero attached hydrogens (tertiary/aromatic N) is 1. The van der Waals surface area contributed by atoms with Crippen LogP contribution in [0.1, 0.15) is 65.2 Å². The van der Waals surface area contributed by atoms with Crippen LogP contribution in [0, 0.1) is 11.8 Å². The minimum absolute atomic E-state index is 0.0387.